The van der Waals surface area contributed by atoms with Gasteiger partial charge in [0.05, 0.1) is 101 Å². The first-order valence-electron chi connectivity index (χ1n) is 14.3. The Balaban J connectivity index is 0.000000337. The van der Waals surface area contributed by atoms with Crippen LogP contribution in [0, 0.1) is 13.8 Å². The van der Waals surface area contributed by atoms with E-state index in [9.17, 15) is 16.8 Å². The van der Waals surface area contributed by atoms with Crippen LogP contribution in [-0.2, 0) is 48.1 Å². The third kappa shape index (κ3) is 19.9. The highest BCUT2D eigenvalue weighted by Crippen LogP contribution is 2.13. The quantitative estimate of drug-likeness (QED) is 0.407. The van der Waals surface area contributed by atoms with Crippen LogP contribution in [-0.4, -0.2) is 119 Å². The average Bonchev–Trinajstić information content (AvgIpc) is 2.98. The Kier molecular flexibility index (Phi) is 23.0. The SMILES string of the molecule is C1COCCOCCOCCOCCOCCO1.Cc1ccc(S(=O)(=O)CCCl)cc1.Cc1ccc(S(=O)(=O)CCCl)cc1. The van der Waals surface area contributed by atoms with Crippen LogP contribution in [0.4, 0.5) is 0 Å². The van der Waals surface area contributed by atoms with Crippen LogP contribution in [0.15, 0.2) is 58.3 Å². The van der Waals surface area contributed by atoms with E-state index < -0.39 is 19.7 Å². The smallest absolute Gasteiger partial charge is 0.179 e. The van der Waals surface area contributed by atoms with E-state index in [1.54, 1.807) is 48.5 Å². The van der Waals surface area contributed by atoms with Crippen LogP contribution in [0.5, 0.6) is 0 Å². The summed E-state index contributed by atoms with van der Waals surface area (Å²) in [5, 5.41) is 0. The van der Waals surface area contributed by atoms with Crippen molar-refractivity contribution in [2.45, 2.75) is 23.6 Å². The van der Waals surface area contributed by atoms with Crippen molar-refractivity contribution in [2.24, 2.45) is 0 Å². The molecule has 2 aromatic carbocycles. The van der Waals surface area contributed by atoms with Crippen LogP contribution in [0.3, 0.4) is 0 Å². The Labute approximate surface area is 273 Å². The summed E-state index contributed by atoms with van der Waals surface area (Å²) in [6.45, 7) is 10.9. The van der Waals surface area contributed by atoms with Gasteiger partial charge in [0.15, 0.2) is 19.7 Å². The molecule has 0 amide bonds. The normalized spacial score (nSPS) is 16.6. The van der Waals surface area contributed by atoms with Gasteiger partial charge in [0.25, 0.3) is 0 Å². The van der Waals surface area contributed by atoms with Crippen LogP contribution in [0.25, 0.3) is 0 Å². The molecule has 10 nitrogen and oxygen atoms in total. The molecule has 44 heavy (non-hydrogen) atoms. The van der Waals surface area contributed by atoms with Gasteiger partial charge in [-0.05, 0) is 38.1 Å². The zero-order valence-corrected chi connectivity index (χ0v) is 28.7. The summed E-state index contributed by atoms with van der Waals surface area (Å²) in [6, 6.07) is 13.5. The number of alkyl halides is 2. The van der Waals surface area contributed by atoms with Crippen molar-refractivity contribution in [3.05, 3.63) is 59.7 Å². The molecule has 0 aliphatic carbocycles. The monoisotopic (exact) mass is 700 g/mol. The molecule has 1 aliphatic rings. The minimum absolute atomic E-state index is 0.00236. The van der Waals surface area contributed by atoms with Gasteiger partial charge >= 0.3 is 0 Å². The summed E-state index contributed by atoms with van der Waals surface area (Å²) in [5.41, 5.74) is 2.09. The van der Waals surface area contributed by atoms with Gasteiger partial charge in [-0.1, -0.05) is 35.4 Å². The third-order valence-electron chi connectivity index (χ3n) is 5.68. The number of benzene rings is 2. The van der Waals surface area contributed by atoms with Crippen LogP contribution < -0.4 is 0 Å². The number of ether oxygens (including phenoxy) is 6. The fourth-order valence-electron chi connectivity index (χ4n) is 3.25. The van der Waals surface area contributed by atoms with Gasteiger partial charge in [-0.25, -0.2) is 16.8 Å². The van der Waals surface area contributed by atoms with E-state index in [1.165, 1.54) is 0 Å². The molecule has 1 fully saturated rings. The van der Waals surface area contributed by atoms with Gasteiger partial charge in [-0.15, -0.1) is 23.2 Å². The summed E-state index contributed by atoms with van der Waals surface area (Å²) in [5.74, 6) is 0.266. The number of hydrogen-bond donors (Lipinski definition) is 0. The molecule has 0 spiro atoms. The minimum atomic E-state index is -3.16. The van der Waals surface area contributed by atoms with E-state index in [0.29, 0.717) is 89.1 Å². The summed E-state index contributed by atoms with van der Waals surface area (Å²) < 4.78 is 77.8. The Morgan fingerprint density at radius 1 is 0.455 bits per heavy atom. The number of aryl methyl sites for hydroxylation is 2. The molecular weight excluding hydrogens is 655 g/mol. The fourth-order valence-corrected chi connectivity index (χ4v) is 6.45. The van der Waals surface area contributed by atoms with Gasteiger partial charge < -0.3 is 28.4 Å². The van der Waals surface area contributed by atoms with Crippen molar-refractivity contribution in [3.63, 3.8) is 0 Å². The Morgan fingerprint density at radius 3 is 0.841 bits per heavy atom. The lowest BCUT2D eigenvalue weighted by Gasteiger charge is -2.09. The van der Waals surface area contributed by atoms with Gasteiger partial charge in [0.1, 0.15) is 0 Å². The number of hydrogen-bond acceptors (Lipinski definition) is 10. The predicted octanol–water partition coefficient (Wildman–Crippen LogP) is 4.11. The highest BCUT2D eigenvalue weighted by molar-refractivity contribution is 7.91. The Morgan fingerprint density at radius 2 is 0.659 bits per heavy atom. The van der Waals surface area contributed by atoms with Gasteiger partial charge in [-0.3, -0.25) is 0 Å². The highest BCUT2D eigenvalue weighted by Gasteiger charge is 2.13. The number of halogens is 2. The molecule has 2 aromatic rings. The molecule has 0 atom stereocenters. The molecule has 1 aliphatic heterocycles. The maximum atomic E-state index is 11.5. The lowest BCUT2D eigenvalue weighted by Crippen LogP contribution is -2.16. The first-order chi connectivity index (χ1) is 21.1. The maximum Gasteiger partial charge on any atom is 0.179 e. The van der Waals surface area contributed by atoms with Gasteiger partial charge in [-0.2, -0.15) is 0 Å². The second-order valence-electron chi connectivity index (χ2n) is 9.32. The molecule has 0 saturated carbocycles. The third-order valence-corrected chi connectivity index (χ3v) is 9.97. The number of sulfone groups is 2. The van der Waals surface area contributed by atoms with E-state index in [4.69, 9.17) is 51.6 Å². The van der Waals surface area contributed by atoms with E-state index in [-0.39, 0.29) is 23.3 Å². The zero-order chi connectivity index (χ0) is 32.5. The summed E-state index contributed by atoms with van der Waals surface area (Å²) >= 11 is 10.8. The van der Waals surface area contributed by atoms with Crippen LogP contribution in [0.2, 0.25) is 0 Å². The lowest BCUT2D eigenvalue weighted by molar-refractivity contribution is -0.0334. The predicted molar refractivity (Wildman–Crippen MR) is 173 cm³/mol. The van der Waals surface area contributed by atoms with Gasteiger partial charge in [0.2, 0.25) is 0 Å². The molecule has 0 N–H and O–H groups in total. The molecule has 0 bridgehead atoms. The second kappa shape index (κ2) is 24.9. The molecular formula is C30H46Cl2O10S2. The average molecular weight is 702 g/mol. The first-order valence-corrected chi connectivity index (χ1v) is 18.7. The highest BCUT2D eigenvalue weighted by atomic mass is 35.5. The van der Waals surface area contributed by atoms with Crippen LogP contribution in [0.1, 0.15) is 11.1 Å². The molecule has 0 aromatic heterocycles. The molecule has 252 valence electrons. The molecule has 1 saturated heterocycles. The van der Waals surface area contributed by atoms with Crippen molar-refractivity contribution in [1.82, 2.24) is 0 Å². The second-order valence-corrected chi connectivity index (χ2v) is 14.3. The minimum Gasteiger partial charge on any atom is -0.377 e. The molecule has 0 radical (unpaired) electrons. The Hall–Kier alpha value is -1.32. The molecule has 3 rings (SSSR count). The van der Waals surface area contributed by atoms with E-state index >= 15 is 0 Å². The molecule has 1 heterocycles. The van der Waals surface area contributed by atoms with Crippen molar-refractivity contribution in [2.75, 3.05) is 103 Å². The molecule has 14 heteroatoms. The van der Waals surface area contributed by atoms with Crippen molar-refractivity contribution >= 4 is 42.9 Å². The van der Waals surface area contributed by atoms with Crippen molar-refractivity contribution in [3.8, 4) is 0 Å². The summed E-state index contributed by atoms with van der Waals surface area (Å²) in [4.78, 5) is 0.692. The van der Waals surface area contributed by atoms with Crippen molar-refractivity contribution < 1.29 is 45.3 Å². The maximum absolute atomic E-state index is 11.5. The summed E-state index contributed by atoms with van der Waals surface area (Å²) in [7, 11) is -6.32. The zero-order valence-electron chi connectivity index (χ0n) is 25.6. The Bertz CT molecular complexity index is 1040. The fraction of sp³-hybridized carbons (Fsp3) is 0.600. The number of rotatable bonds is 6. The standard InChI is InChI=1S/C12H24O6.2C9H11ClO2S/c1-2-14-5-6-16-9-10-18-12-11-17-8-7-15-4-3-13-1;2*1-8-2-4-9(5-3-8)13(11,12)7-6-10/h1-12H2;2*2-5H,6-7H2,1H3. The lowest BCUT2D eigenvalue weighted by atomic mass is 10.2. The van der Waals surface area contributed by atoms with E-state index in [0.717, 1.165) is 11.1 Å². The van der Waals surface area contributed by atoms with Crippen molar-refractivity contribution in [1.29, 1.82) is 0 Å². The first kappa shape index (κ1) is 40.7. The summed E-state index contributed by atoms with van der Waals surface area (Å²) in [6.07, 6.45) is 0. The van der Waals surface area contributed by atoms with E-state index in [1.807, 2.05) is 13.8 Å². The van der Waals surface area contributed by atoms with Gasteiger partial charge in [0, 0.05) is 11.8 Å². The topological polar surface area (TPSA) is 124 Å². The van der Waals surface area contributed by atoms with E-state index in [2.05, 4.69) is 0 Å². The molecule has 0 unspecified atom stereocenters. The van der Waals surface area contributed by atoms with Crippen LogP contribution >= 0.6 is 23.2 Å². The largest absolute Gasteiger partial charge is 0.377 e.